The van der Waals surface area contributed by atoms with Crippen LogP contribution in [0.1, 0.15) is 32.1 Å². The Morgan fingerprint density at radius 1 is 1.18 bits per heavy atom. The largest absolute Gasteiger partial charge is 0.461 e. The monoisotopic (exact) mass is 526 g/mol. The van der Waals surface area contributed by atoms with Crippen molar-refractivity contribution in [1.82, 2.24) is 14.9 Å². The summed E-state index contributed by atoms with van der Waals surface area (Å²) in [7, 11) is 0. The first-order valence-electron chi connectivity index (χ1n) is 11.6. The van der Waals surface area contributed by atoms with Crippen molar-refractivity contribution in [3.8, 4) is 6.01 Å². The van der Waals surface area contributed by atoms with Crippen LogP contribution in [-0.4, -0.2) is 72.6 Å². The highest BCUT2D eigenvalue weighted by molar-refractivity contribution is 9.10. The predicted octanol–water partition coefficient (Wildman–Crippen LogP) is 4.24. The Hall–Kier alpha value is -1.65. The van der Waals surface area contributed by atoms with Gasteiger partial charge in [-0.2, -0.15) is 9.97 Å². The minimum absolute atomic E-state index is 0.0170. The molecule has 1 spiro atoms. The second-order valence-electron chi connectivity index (χ2n) is 10.1. The van der Waals surface area contributed by atoms with E-state index in [0.29, 0.717) is 43.9 Å². The van der Waals surface area contributed by atoms with Gasteiger partial charge in [0.25, 0.3) is 0 Å². The molecule has 4 aliphatic rings. The van der Waals surface area contributed by atoms with Crippen LogP contribution in [0.4, 0.5) is 19.0 Å². The molecule has 0 N–H and O–H groups in total. The van der Waals surface area contributed by atoms with E-state index in [-0.39, 0.29) is 33.6 Å². The third-order valence-corrected chi connectivity index (χ3v) is 8.52. The van der Waals surface area contributed by atoms with Crippen LogP contribution in [0.2, 0.25) is 0 Å². The van der Waals surface area contributed by atoms with E-state index in [9.17, 15) is 8.78 Å². The van der Waals surface area contributed by atoms with Gasteiger partial charge >= 0.3 is 6.01 Å². The van der Waals surface area contributed by atoms with E-state index >= 15 is 4.39 Å². The van der Waals surface area contributed by atoms with Crippen LogP contribution < -0.4 is 9.64 Å². The zero-order chi connectivity index (χ0) is 22.8. The fourth-order valence-electron chi connectivity index (χ4n) is 6.10. The maximum atomic E-state index is 15.1. The normalized spacial score (nSPS) is 29.0. The molecule has 33 heavy (non-hydrogen) atoms. The molecule has 2 aromatic rings. The van der Waals surface area contributed by atoms with Gasteiger partial charge < -0.3 is 14.4 Å². The lowest BCUT2D eigenvalue weighted by atomic mass is 9.78. The maximum absolute atomic E-state index is 15.1. The summed E-state index contributed by atoms with van der Waals surface area (Å²) in [4.78, 5) is 13.2. The third-order valence-electron chi connectivity index (χ3n) is 7.79. The number of piperidine rings is 1. The predicted molar refractivity (Wildman–Crippen MR) is 120 cm³/mol. The number of alkyl halides is 1. The fourth-order valence-corrected chi connectivity index (χ4v) is 6.41. The van der Waals surface area contributed by atoms with Gasteiger partial charge in [-0.1, -0.05) is 0 Å². The van der Waals surface area contributed by atoms with E-state index in [1.165, 1.54) is 6.07 Å². The van der Waals surface area contributed by atoms with E-state index in [1.54, 1.807) is 0 Å². The quantitative estimate of drug-likeness (QED) is 0.555. The summed E-state index contributed by atoms with van der Waals surface area (Å²) in [5.41, 5.74) is -0.284. The van der Waals surface area contributed by atoms with Crippen molar-refractivity contribution in [1.29, 1.82) is 0 Å². The van der Waals surface area contributed by atoms with Gasteiger partial charge in [-0.3, -0.25) is 4.90 Å². The topological polar surface area (TPSA) is 50.7 Å². The summed E-state index contributed by atoms with van der Waals surface area (Å²) >= 11 is 2.99. The van der Waals surface area contributed by atoms with Gasteiger partial charge in [0.1, 0.15) is 29.9 Å². The molecule has 0 unspecified atom stereocenters. The average Bonchev–Trinajstić information content (AvgIpc) is 3.31. The molecule has 178 valence electrons. The molecule has 0 amide bonds. The summed E-state index contributed by atoms with van der Waals surface area (Å²) in [6, 6.07) is 1.32. The van der Waals surface area contributed by atoms with Gasteiger partial charge in [0.05, 0.1) is 23.2 Å². The molecule has 0 saturated carbocycles. The van der Waals surface area contributed by atoms with Crippen LogP contribution in [-0.2, 0) is 4.74 Å². The van der Waals surface area contributed by atoms with Crippen LogP contribution in [0.3, 0.4) is 0 Å². The molecule has 10 heteroatoms. The number of benzene rings is 1. The van der Waals surface area contributed by atoms with Crippen molar-refractivity contribution >= 4 is 32.7 Å². The van der Waals surface area contributed by atoms with E-state index in [2.05, 4.69) is 35.7 Å². The SMILES string of the molecule is Fc1cc2c(N3CCCC4(COC4)C3)nc(OC[C@@]34CCCN3C[C@H](F)C4)nc2c(F)c1Br. The highest BCUT2D eigenvalue weighted by Crippen LogP contribution is 2.42. The van der Waals surface area contributed by atoms with Gasteiger partial charge in [-0.05, 0) is 54.2 Å². The number of fused-ring (bicyclic) bond motifs is 2. The Balaban J connectivity index is 1.37. The number of hydrogen-bond donors (Lipinski definition) is 0. The number of hydrogen-bond acceptors (Lipinski definition) is 6. The molecule has 5 heterocycles. The first kappa shape index (κ1) is 21.9. The van der Waals surface area contributed by atoms with Crippen LogP contribution in [0.15, 0.2) is 10.5 Å². The molecule has 4 fully saturated rings. The summed E-state index contributed by atoms with van der Waals surface area (Å²) in [5.74, 6) is -0.998. The third kappa shape index (κ3) is 3.60. The van der Waals surface area contributed by atoms with Gasteiger partial charge in [-0.15, -0.1) is 0 Å². The van der Waals surface area contributed by atoms with E-state index in [4.69, 9.17) is 9.47 Å². The summed E-state index contributed by atoms with van der Waals surface area (Å²) in [6.07, 6.45) is 3.42. The first-order valence-corrected chi connectivity index (χ1v) is 12.4. The second-order valence-corrected chi connectivity index (χ2v) is 10.9. The molecule has 0 aliphatic carbocycles. The van der Waals surface area contributed by atoms with Crippen molar-refractivity contribution in [2.45, 2.75) is 43.8 Å². The molecular formula is C23H26BrF3N4O2. The zero-order valence-electron chi connectivity index (χ0n) is 18.3. The number of nitrogens with zero attached hydrogens (tertiary/aromatic N) is 4. The lowest BCUT2D eigenvalue weighted by Gasteiger charge is -2.48. The molecule has 6 rings (SSSR count). The van der Waals surface area contributed by atoms with Gasteiger partial charge in [0, 0.05) is 36.9 Å². The fraction of sp³-hybridized carbons (Fsp3) is 0.652. The van der Waals surface area contributed by atoms with Gasteiger partial charge in [-0.25, -0.2) is 13.2 Å². The lowest BCUT2D eigenvalue weighted by molar-refractivity contribution is -0.117. The van der Waals surface area contributed by atoms with Gasteiger partial charge in [0.2, 0.25) is 0 Å². The van der Waals surface area contributed by atoms with E-state index < -0.39 is 17.8 Å². The number of ether oxygens (including phenoxy) is 2. The minimum atomic E-state index is -0.868. The second kappa shape index (κ2) is 7.95. The summed E-state index contributed by atoms with van der Waals surface area (Å²) < 4.78 is 54.9. The highest BCUT2D eigenvalue weighted by atomic mass is 79.9. The maximum Gasteiger partial charge on any atom is 0.319 e. The lowest BCUT2D eigenvalue weighted by Crippen LogP contribution is -2.54. The molecule has 2 atom stereocenters. The minimum Gasteiger partial charge on any atom is -0.461 e. The van der Waals surface area contributed by atoms with Crippen molar-refractivity contribution in [2.75, 3.05) is 50.9 Å². The van der Waals surface area contributed by atoms with Crippen molar-refractivity contribution < 1.29 is 22.6 Å². The number of anilines is 1. The molecule has 1 aromatic heterocycles. The smallest absolute Gasteiger partial charge is 0.319 e. The Morgan fingerprint density at radius 3 is 2.79 bits per heavy atom. The Bertz CT molecular complexity index is 1100. The van der Waals surface area contributed by atoms with E-state index in [1.807, 2.05) is 0 Å². The molecule has 0 bridgehead atoms. The molecule has 0 radical (unpaired) electrons. The Kier molecular flexibility index (Phi) is 5.26. The number of halogens is 4. The van der Waals surface area contributed by atoms with Crippen molar-refractivity contribution in [2.24, 2.45) is 5.41 Å². The molecular weight excluding hydrogens is 501 g/mol. The average molecular weight is 527 g/mol. The molecule has 4 aliphatic heterocycles. The zero-order valence-corrected chi connectivity index (χ0v) is 19.8. The van der Waals surface area contributed by atoms with Crippen LogP contribution in [0.5, 0.6) is 6.01 Å². The van der Waals surface area contributed by atoms with Crippen LogP contribution >= 0.6 is 15.9 Å². The van der Waals surface area contributed by atoms with Crippen molar-refractivity contribution in [3.63, 3.8) is 0 Å². The van der Waals surface area contributed by atoms with Crippen LogP contribution in [0.25, 0.3) is 10.9 Å². The van der Waals surface area contributed by atoms with E-state index in [0.717, 1.165) is 38.8 Å². The standard InChI is InChI=1S/C23H26BrF3N4O2/c24-17-16(26)7-15-19(18(17)27)28-21(33-13-23-4-2-6-31(23)9-14(25)8-23)29-20(15)30-5-1-3-22(10-30)11-32-12-22/h7,14H,1-6,8-13H2/t14-,23+/m1/s1. The summed E-state index contributed by atoms with van der Waals surface area (Å²) in [6.45, 7) is 4.34. The Labute approximate surface area is 198 Å². The van der Waals surface area contributed by atoms with Crippen LogP contribution in [0, 0.1) is 17.0 Å². The Morgan fingerprint density at radius 2 is 2.00 bits per heavy atom. The molecule has 4 saturated heterocycles. The van der Waals surface area contributed by atoms with Crippen molar-refractivity contribution in [3.05, 3.63) is 22.2 Å². The first-order chi connectivity index (χ1) is 15.9. The summed E-state index contributed by atoms with van der Waals surface area (Å²) in [5, 5.41) is 0.322. The number of aromatic nitrogens is 2. The molecule has 6 nitrogen and oxygen atoms in total. The number of rotatable bonds is 4. The molecule has 1 aromatic carbocycles. The van der Waals surface area contributed by atoms with Gasteiger partial charge in [0.15, 0.2) is 5.82 Å². The highest BCUT2D eigenvalue weighted by Gasteiger charge is 2.49.